The second-order valence-corrected chi connectivity index (χ2v) is 9.68. The van der Waals surface area contributed by atoms with Gasteiger partial charge in [0.2, 0.25) is 5.91 Å². The molecule has 0 aromatic heterocycles. The number of hydrogen-bond acceptors (Lipinski definition) is 3. The average Bonchev–Trinajstić information content (AvgIpc) is 2.75. The molecule has 3 aromatic carbocycles. The van der Waals surface area contributed by atoms with Crippen LogP contribution in [0, 0.1) is 6.92 Å². The number of halogens is 5. The molecule has 1 N–H and O–H groups in total. The molecule has 0 atom stereocenters. The first-order valence-corrected chi connectivity index (χ1v) is 11.6. The molecule has 0 fully saturated rings. The average molecular weight is 517 g/mol. The number of sulfonamides is 1. The summed E-state index contributed by atoms with van der Waals surface area (Å²) in [5.74, 6) is -0.780. The molecule has 0 bridgehead atoms. The largest absolute Gasteiger partial charge is 0.417 e. The molecule has 0 aliphatic carbocycles. The van der Waals surface area contributed by atoms with E-state index in [9.17, 15) is 26.4 Å². The molecule has 3 aromatic rings. The van der Waals surface area contributed by atoms with Gasteiger partial charge in [0, 0.05) is 10.7 Å². The minimum atomic E-state index is -4.82. The molecule has 3 rings (SSSR count). The first kappa shape index (κ1) is 24.9. The van der Waals surface area contributed by atoms with Crippen molar-refractivity contribution in [2.75, 3.05) is 16.2 Å². The number of anilines is 2. The van der Waals surface area contributed by atoms with Crippen LogP contribution in [0.2, 0.25) is 10.0 Å². The molecule has 0 aliphatic rings. The number of nitrogens with zero attached hydrogens (tertiary/aromatic N) is 1. The molecule has 0 radical (unpaired) electrons. The Morgan fingerprint density at radius 2 is 1.64 bits per heavy atom. The molecular formula is C22H17Cl2F3N2O3S. The lowest BCUT2D eigenvalue weighted by molar-refractivity contribution is -0.137. The number of carbonyl (C=O) groups is 1. The van der Waals surface area contributed by atoms with E-state index in [0.29, 0.717) is 21.1 Å². The lowest BCUT2D eigenvalue weighted by Crippen LogP contribution is -2.38. The van der Waals surface area contributed by atoms with Gasteiger partial charge in [-0.25, -0.2) is 8.42 Å². The van der Waals surface area contributed by atoms with Crippen molar-refractivity contribution in [3.8, 4) is 0 Å². The zero-order valence-electron chi connectivity index (χ0n) is 17.0. The van der Waals surface area contributed by atoms with E-state index in [1.165, 1.54) is 30.3 Å². The molecule has 0 aliphatic heterocycles. The van der Waals surface area contributed by atoms with Crippen LogP contribution in [-0.4, -0.2) is 20.9 Å². The van der Waals surface area contributed by atoms with E-state index in [1.54, 1.807) is 25.1 Å². The van der Waals surface area contributed by atoms with Gasteiger partial charge < -0.3 is 5.32 Å². The van der Waals surface area contributed by atoms with Gasteiger partial charge in [0.15, 0.2) is 0 Å². The quantitative estimate of drug-likeness (QED) is 0.426. The number of benzene rings is 3. The summed E-state index contributed by atoms with van der Waals surface area (Å²) in [6, 6.07) is 14.4. The zero-order valence-corrected chi connectivity index (χ0v) is 19.4. The SMILES string of the molecule is Cc1ccc(NC(=O)CN(c2ccc(Cl)c(C(F)(F)F)c2)S(=O)(=O)c2ccccc2)cc1Cl. The van der Waals surface area contributed by atoms with E-state index in [4.69, 9.17) is 23.2 Å². The van der Waals surface area contributed by atoms with E-state index < -0.39 is 39.2 Å². The topological polar surface area (TPSA) is 66.5 Å². The second kappa shape index (κ2) is 9.62. The molecule has 11 heteroatoms. The fourth-order valence-electron chi connectivity index (χ4n) is 2.92. The number of aryl methyl sites for hydroxylation is 1. The van der Waals surface area contributed by atoms with Gasteiger partial charge in [0.25, 0.3) is 10.0 Å². The van der Waals surface area contributed by atoms with Crippen LogP contribution in [0.1, 0.15) is 11.1 Å². The standard InChI is InChI=1S/C22H17Cl2F3N2O3S/c1-14-7-8-15(11-20(14)24)28-21(30)13-29(33(31,32)17-5-3-2-4-6-17)16-9-10-19(23)18(12-16)22(25,26)27/h2-12H,13H2,1H3,(H,28,30). The van der Waals surface area contributed by atoms with Crippen LogP contribution in [0.3, 0.4) is 0 Å². The number of alkyl halides is 3. The monoisotopic (exact) mass is 516 g/mol. The van der Waals surface area contributed by atoms with Crippen molar-refractivity contribution in [3.05, 3.63) is 87.9 Å². The molecule has 33 heavy (non-hydrogen) atoms. The summed E-state index contributed by atoms with van der Waals surface area (Å²) in [5, 5.41) is 2.30. The predicted molar refractivity (Wildman–Crippen MR) is 122 cm³/mol. The summed E-state index contributed by atoms with van der Waals surface area (Å²) in [5.41, 5.74) is -0.517. The highest BCUT2D eigenvalue weighted by atomic mass is 35.5. The van der Waals surface area contributed by atoms with Gasteiger partial charge in [-0.15, -0.1) is 0 Å². The number of carbonyl (C=O) groups excluding carboxylic acids is 1. The Morgan fingerprint density at radius 3 is 2.24 bits per heavy atom. The Hall–Kier alpha value is -2.75. The fourth-order valence-corrected chi connectivity index (χ4v) is 4.76. The van der Waals surface area contributed by atoms with Crippen LogP contribution in [0.25, 0.3) is 0 Å². The summed E-state index contributed by atoms with van der Waals surface area (Å²) in [4.78, 5) is 12.5. The number of rotatable bonds is 6. The van der Waals surface area contributed by atoms with Crippen LogP contribution in [-0.2, 0) is 21.0 Å². The molecule has 1 amide bonds. The Kier molecular flexibility index (Phi) is 7.26. The fraction of sp³-hybridized carbons (Fsp3) is 0.136. The highest BCUT2D eigenvalue weighted by Crippen LogP contribution is 2.38. The van der Waals surface area contributed by atoms with Crippen molar-refractivity contribution < 1.29 is 26.4 Å². The summed E-state index contributed by atoms with van der Waals surface area (Å²) in [6.45, 7) is 0.975. The maximum absolute atomic E-state index is 13.4. The van der Waals surface area contributed by atoms with Gasteiger partial charge in [-0.2, -0.15) is 13.2 Å². The van der Waals surface area contributed by atoms with E-state index in [-0.39, 0.29) is 10.6 Å². The third-order valence-electron chi connectivity index (χ3n) is 4.62. The molecule has 174 valence electrons. The Labute approximate surface area is 198 Å². The van der Waals surface area contributed by atoms with Crippen molar-refractivity contribution in [2.24, 2.45) is 0 Å². The molecule has 0 heterocycles. The van der Waals surface area contributed by atoms with Gasteiger partial charge in [0.05, 0.1) is 21.2 Å². The third-order valence-corrected chi connectivity index (χ3v) is 7.14. The minimum absolute atomic E-state index is 0.195. The Morgan fingerprint density at radius 1 is 0.970 bits per heavy atom. The third kappa shape index (κ3) is 5.79. The lowest BCUT2D eigenvalue weighted by Gasteiger charge is -2.25. The van der Waals surface area contributed by atoms with Crippen LogP contribution >= 0.6 is 23.2 Å². The van der Waals surface area contributed by atoms with Gasteiger partial charge in [0.1, 0.15) is 6.54 Å². The number of hydrogen-bond donors (Lipinski definition) is 1. The lowest BCUT2D eigenvalue weighted by atomic mass is 10.2. The van der Waals surface area contributed by atoms with Gasteiger partial charge >= 0.3 is 6.18 Å². The normalized spacial score (nSPS) is 11.8. The highest BCUT2D eigenvalue weighted by Gasteiger charge is 2.35. The molecule has 5 nitrogen and oxygen atoms in total. The van der Waals surface area contributed by atoms with Crippen LogP contribution in [0.4, 0.5) is 24.5 Å². The molecule has 0 unspecified atom stereocenters. The number of amides is 1. The van der Waals surface area contributed by atoms with Crippen LogP contribution < -0.4 is 9.62 Å². The first-order chi connectivity index (χ1) is 15.4. The van der Waals surface area contributed by atoms with Crippen molar-refractivity contribution in [1.29, 1.82) is 0 Å². The van der Waals surface area contributed by atoms with Crippen molar-refractivity contribution in [2.45, 2.75) is 18.0 Å². The van der Waals surface area contributed by atoms with E-state index in [1.807, 2.05) is 0 Å². The molecule has 0 saturated carbocycles. The summed E-state index contributed by atoms with van der Waals surface area (Å²) in [7, 11) is -4.40. The summed E-state index contributed by atoms with van der Waals surface area (Å²) in [6.07, 6.45) is -4.82. The smallest absolute Gasteiger partial charge is 0.324 e. The molecule has 0 spiro atoms. The van der Waals surface area contributed by atoms with E-state index >= 15 is 0 Å². The van der Waals surface area contributed by atoms with Gasteiger partial charge in [-0.3, -0.25) is 9.10 Å². The molecular weight excluding hydrogens is 500 g/mol. The minimum Gasteiger partial charge on any atom is -0.324 e. The van der Waals surface area contributed by atoms with E-state index in [0.717, 1.165) is 17.7 Å². The summed E-state index contributed by atoms with van der Waals surface area (Å²) < 4.78 is 67.3. The zero-order chi connectivity index (χ0) is 24.4. The van der Waals surface area contributed by atoms with E-state index in [2.05, 4.69) is 5.32 Å². The van der Waals surface area contributed by atoms with Crippen LogP contribution in [0.15, 0.2) is 71.6 Å². The van der Waals surface area contributed by atoms with Gasteiger partial charge in [-0.1, -0.05) is 47.5 Å². The maximum Gasteiger partial charge on any atom is 0.417 e. The molecule has 0 saturated heterocycles. The van der Waals surface area contributed by atoms with Crippen molar-refractivity contribution in [3.63, 3.8) is 0 Å². The second-order valence-electron chi connectivity index (χ2n) is 7.00. The highest BCUT2D eigenvalue weighted by molar-refractivity contribution is 7.92. The predicted octanol–water partition coefficient (Wildman–Crippen LogP) is 6.15. The summed E-state index contributed by atoms with van der Waals surface area (Å²) >= 11 is 11.7. The number of nitrogens with one attached hydrogen (secondary N) is 1. The van der Waals surface area contributed by atoms with Crippen molar-refractivity contribution in [1.82, 2.24) is 0 Å². The van der Waals surface area contributed by atoms with Gasteiger partial charge in [-0.05, 0) is 55.0 Å². The Balaban J connectivity index is 2.03. The van der Waals surface area contributed by atoms with Crippen molar-refractivity contribution >= 4 is 50.5 Å². The van der Waals surface area contributed by atoms with Crippen LogP contribution in [0.5, 0.6) is 0 Å². The Bertz CT molecular complexity index is 1280. The first-order valence-electron chi connectivity index (χ1n) is 9.40. The maximum atomic E-state index is 13.4.